The molecule has 1 aliphatic rings. The van der Waals surface area contributed by atoms with Crippen molar-refractivity contribution in [3.8, 4) is 5.88 Å². The summed E-state index contributed by atoms with van der Waals surface area (Å²) < 4.78 is 5.62. The van der Waals surface area contributed by atoms with Gasteiger partial charge in [-0.25, -0.2) is 4.98 Å². The van der Waals surface area contributed by atoms with E-state index in [2.05, 4.69) is 10.3 Å². The van der Waals surface area contributed by atoms with E-state index in [4.69, 9.17) is 10.5 Å². The van der Waals surface area contributed by atoms with Gasteiger partial charge in [-0.1, -0.05) is 6.07 Å². The minimum atomic E-state index is -0.281. The molecule has 3 N–H and O–H groups in total. The second-order valence-electron chi connectivity index (χ2n) is 5.80. The molecule has 1 aromatic heterocycles. The molecule has 0 atom stereocenters. The van der Waals surface area contributed by atoms with E-state index in [-0.39, 0.29) is 17.6 Å². The van der Waals surface area contributed by atoms with Crippen molar-refractivity contribution in [3.63, 3.8) is 0 Å². The molecule has 1 aromatic rings. The second-order valence-corrected chi connectivity index (χ2v) is 5.80. The molecule has 20 heavy (non-hydrogen) atoms. The Morgan fingerprint density at radius 1 is 1.55 bits per heavy atom. The predicted molar refractivity (Wildman–Crippen MR) is 77.2 cm³/mol. The SMILES string of the molecule is CC(C)Oc1ncccc1CNC(=O)CC1(N)CCC1. The van der Waals surface area contributed by atoms with Gasteiger partial charge in [-0.05, 0) is 39.2 Å². The summed E-state index contributed by atoms with van der Waals surface area (Å²) in [6.45, 7) is 4.32. The maximum Gasteiger partial charge on any atom is 0.222 e. The lowest BCUT2D eigenvalue weighted by molar-refractivity contribution is -0.123. The summed E-state index contributed by atoms with van der Waals surface area (Å²) in [6.07, 6.45) is 5.14. The van der Waals surface area contributed by atoms with Crippen LogP contribution in [0.5, 0.6) is 5.88 Å². The van der Waals surface area contributed by atoms with Crippen LogP contribution in [0.15, 0.2) is 18.3 Å². The maximum absolute atomic E-state index is 11.9. The Bertz CT molecular complexity index is 470. The van der Waals surface area contributed by atoms with Crippen LogP contribution in [0, 0.1) is 0 Å². The van der Waals surface area contributed by atoms with Gasteiger partial charge in [-0.2, -0.15) is 0 Å². The summed E-state index contributed by atoms with van der Waals surface area (Å²) in [7, 11) is 0. The molecule has 0 spiro atoms. The standard InChI is InChI=1S/C15H23N3O2/c1-11(2)20-14-12(5-3-8-17-14)10-18-13(19)9-15(16)6-4-7-15/h3,5,8,11H,4,6-7,9-10,16H2,1-2H3,(H,18,19). The highest BCUT2D eigenvalue weighted by Crippen LogP contribution is 2.31. The Hall–Kier alpha value is -1.62. The molecule has 0 aromatic carbocycles. The van der Waals surface area contributed by atoms with E-state index in [1.807, 2.05) is 26.0 Å². The number of nitrogens with one attached hydrogen (secondary N) is 1. The van der Waals surface area contributed by atoms with Crippen molar-refractivity contribution in [2.24, 2.45) is 5.73 Å². The zero-order valence-electron chi connectivity index (χ0n) is 12.2. The predicted octanol–water partition coefficient (Wildman–Crippen LogP) is 1.76. The van der Waals surface area contributed by atoms with Crippen molar-refractivity contribution in [2.75, 3.05) is 0 Å². The summed E-state index contributed by atoms with van der Waals surface area (Å²) >= 11 is 0. The third kappa shape index (κ3) is 3.93. The Labute approximate surface area is 119 Å². The number of hydrogen-bond acceptors (Lipinski definition) is 4. The summed E-state index contributed by atoms with van der Waals surface area (Å²) in [6, 6.07) is 3.75. The Morgan fingerprint density at radius 2 is 2.30 bits per heavy atom. The van der Waals surface area contributed by atoms with E-state index in [0.717, 1.165) is 24.8 Å². The molecule has 5 heteroatoms. The van der Waals surface area contributed by atoms with Crippen LogP contribution in [-0.2, 0) is 11.3 Å². The van der Waals surface area contributed by atoms with Gasteiger partial charge in [0.25, 0.3) is 0 Å². The summed E-state index contributed by atoms with van der Waals surface area (Å²) in [5, 5.41) is 2.90. The third-order valence-corrected chi connectivity index (χ3v) is 3.54. The lowest BCUT2D eigenvalue weighted by atomic mass is 9.75. The molecule has 5 nitrogen and oxygen atoms in total. The first-order valence-corrected chi connectivity index (χ1v) is 7.15. The Morgan fingerprint density at radius 3 is 2.90 bits per heavy atom. The number of nitrogens with zero attached hydrogens (tertiary/aromatic N) is 1. The number of pyridine rings is 1. The van der Waals surface area contributed by atoms with Gasteiger partial charge in [0, 0.05) is 30.3 Å². The fraction of sp³-hybridized carbons (Fsp3) is 0.600. The fourth-order valence-corrected chi connectivity index (χ4v) is 2.27. The molecular formula is C15H23N3O2. The molecule has 0 saturated heterocycles. The minimum absolute atomic E-state index is 0.00782. The van der Waals surface area contributed by atoms with Crippen LogP contribution >= 0.6 is 0 Å². The van der Waals surface area contributed by atoms with E-state index in [9.17, 15) is 4.79 Å². The van der Waals surface area contributed by atoms with Crippen LogP contribution in [0.4, 0.5) is 0 Å². The number of ether oxygens (including phenoxy) is 1. The first-order valence-electron chi connectivity index (χ1n) is 7.15. The number of carbonyl (C=O) groups is 1. The van der Waals surface area contributed by atoms with E-state index < -0.39 is 0 Å². The highest BCUT2D eigenvalue weighted by molar-refractivity contribution is 5.77. The first kappa shape index (κ1) is 14.8. The van der Waals surface area contributed by atoms with Crippen LogP contribution in [-0.4, -0.2) is 22.5 Å². The molecule has 0 unspecified atom stereocenters. The molecule has 1 fully saturated rings. The van der Waals surface area contributed by atoms with E-state index in [0.29, 0.717) is 18.8 Å². The molecule has 110 valence electrons. The summed E-state index contributed by atoms with van der Waals surface area (Å²) in [4.78, 5) is 16.1. The van der Waals surface area contributed by atoms with Gasteiger partial charge >= 0.3 is 0 Å². The number of rotatable bonds is 6. The maximum atomic E-state index is 11.9. The van der Waals surface area contributed by atoms with Crippen molar-refractivity contribution < 1.29 is 9.53 Å². The molecule has 1 amide bonds. The van der Waals surface area contributed by atoms with Gasteiger partial charge in [0.15, 0.2) is 0 Å². The Balaban J connectivity index is 1.88. The van der Waals surface area contributed by atoms with Crippen molar-refractivity contribution in [3.05, 3.63) is 23.9 Å². The van der Waals surface area contributed by atoms with Crippen molar-refractivity contribution in [1.29, 1.82) is 0 Å². The average molecular weight is 277 g/mol. The van der Waals surface area contributed by atoms with Crippen molar-refractivity contribution >= 4 is 5.91 Å². The van der Waals surface area contributed by atoms with E-state index in [1.54, 1.807) is 6.20 Å². The molecule has 1 heterocycles. The van der Waals surface area contributed by atoms with Crippen LogP contribution in [0.25, 0.3) is 0 Å². The van der Waals surface area contributed by atoms with Gasteiger partial charge in [0.1, 0.15) is 0 Å². The summed E-state index contributed by atoms with van der Waals surface area (Å²) in [5.41, 5.74) is 6.67. The topological polar surface area (TPSA) is 77.2 Å². The molecule has 0 radical (unpaired) electrons. The quantitative estimate of drug-likeness (QED) is 0.830. The highest BCUT2D eigenvalue weighted by Gasteiger charge is 2.34. The van der Waals surface area contributed by atoms with Gasteiger partial charge in [0.2, 0.25) is 11.8 Å². The van der Waals surface area contributed by atoms with Crippen LogP contribution in [0.1, 0.15) is 45.1 Å². The molecule has 1 aliphatic carbocycles. The lowest BCUT2D eigenvalue weighted by Crippen LogP contribution is -2.49. The van der Waals surface area contributed by atoms with Crippen LogP contribution in [0.2, 0.25) is 0 Å². The zero-order valence-corrected chi connectivity index (χ0v) is 12.2. The largest absolute Gasteiger partial charge is 0.475 e. The zero-order chi connectivity index (χ0) is 14.6. The summed E-state index contributed by atoms with van der Waals surface area (Å²) in [5.74, 6) is 0.570. The lowest BCUT2D eigenvalue weighted by Gasteiger charge is -2.37. The van der Waals surface area contributed by atoms with E-state index >= 15 is 0 Å². The van der Waals surface area contributed by atoms with Crippen molar-refractivity contribution in [1.82, 2.24) is 10.3 Å². The highest BCUT2D eigenvalue weighted by atomic mass is 16.5. The third-order valence-electron chi connectivity index (χ3n) is 3.54. The van der Waals surface area contributed by atoms with Gasteiger partial charge < -0.3 is 15.8 Å². The molecule has 2 rings (SSSR count). The fourth-order valence-electron chi connectivity index (χ4n) is 2.27. The molecule has 0 bridgehead atoms. The van der Waals surface area contributed by atoms with Gasteiger partial charge in [0.05, 0.1) is 6.10 Å². The average Bonchev–Trinajstić information content (AvgIpc) is 2.35. The number of hydrogen-bond donors (Lipinski definition) is 2. The van der Waals surface area contributed by atoms with Crippen molar-refractivity contribution in [2.45, 2.75) is 57.7 Å². The first-order chi connectivity index (χ1) is 9.48. The number of carbonyl (C=O) groups excluding carboxylic acids is 1. The monoisotopic (exact) mass is 277 g/mol. The Kier molecular flexibility index (Phi) is 4.60. The number of nitrogens with two attached hydrogens (primary N) is 1. The second kappa shape index (κ2) is 6.22. The van der Waals surface area contributed by atoms with Crippen LogP contribution in [0.3, 0.4) is 0 Å². The van der Waals surface area contributed by atoms with Gasteiger partial charge in [-0.15, -0.1) is 0 Å². The molecule has 1 saturated carbocycles. The number of amides is 1. The minimum Gasteiger partial charge on any atom is -0.475 e. The van der Waals surface area contributed by atoms with Gasteiger partial charge in [-0.3, -0.25) is 4.79 Å². The number of aromatic nitrogens is 1. The van der Waals surface area contributed by atoms with E-state index in [1.165, 1.54) is 0 Å². The normalized spacial score (nSPS) is 16.6. The smallest absolute Gasteiger partial charge is 0.222 e. The molecule has 0 aliphatic heterocycles. The van der Waals surface area contributed by atoms with Crippen LogP contribution < -0.4 is 15.8 Å². The molecular weight excluding hydrogens is 254 g/mol.